The van der Waals surface area contributed by atoms with Gasteiger partial charge in [-0.3, -0.25) is 9.69 Å². The molecule has 2 saturated heterocycles. The van der Waals surface area contributed by atoms with Crippen molar-refractivity contribution in [3.8, 4) is 0 Å². The number of rotatable bonds is 5. The molecule has 0 aromatic carbocycles. The SMILES string of the molecule is Cc1ccc(CN2CC[C@@H]3[C@@H](CCC(=O)N3CCc3cnc[nH]3)C2)o1. The molecule has 0 bridgehead atoms. The molecule has 2 aromatic heterocycles. The quantitative estimate of drug-likeness (QED) is 0.906. The molecule has 2 aliphatic heterocycles. The van der Waals surface area contributed by atoms with Gasteiger partial charge in [0.15, 0.2) is 0 Å². The number of carbonyl (C=O) groups excluding carboxylic acids is 1. The highest BCUT2D eigenvalue weighted by Crippen LogP contribution is 2.32. The van der Waals surface area contributed by atoms with E-state index >= 15 is 0 Å². The van der Waals surface area contributed by atoms with Crippen molar-refractivity contribution in [2.24, 2.45) is 5.92 Å². The van der Waals surface area contributed by atoms with Crippen LogP contribution in [0.4, 0.5) is 0 Å². The number of aromatic amines is 1. The molecule has 2 aliphatic rings. The molecule has 2 fully saturated rings. The van der Waals surface area contributed by atoms with Crippen LogP contribution in [0.3, 0.4) is 0 Å². The van der Waals surface area contributed by atoms with Crippen LogP contribution in [0.15, 0.2) is 29.1 Å². The van der Waals surface area contributed by atoms with Crippen LogP contribution in [-0.2, 0) is 17.8 Å². The van der Waals surface area contributed by atoms with Crippen LogP contribution in [0.25, 0.3) is 0 Å². The van der Waals surface area contributed by atoms with E-state index in [-0.39, 0.29) is 0 Å². The Kier molecular flexibility index (Phi) is 4.61. The van der Waals surface area contributed by atoms with Gasteiger partial charge in [0.05, 0.1) is 12.9 Å². The average Bonchev–Trinajstić information content (AvgIpc) is 3.26. The minimum absolute atomic E-state index is 0.316. The van der Waals surface area contributed by atoms with Gasteiger partial charge in [-0.2, -0.15) is 0 Å². The number of nitrogens with zero attached hydrogens (tertiary/aromatic N) is 3. The van der Waals surface area contributed by atoms with Crippen LogP contribution in [0.5, 0.6) is 0 Å². The van der Waals surface area contributed by atoms with E-state index in [0.717, 1.165) is 62.7 Å². The van der Waals surface area contributed by atoms with Gasteiger partial charge in [0.1, 0.15) is 11.5 Å². The average molecular weight is 342 g/mol. The zero-order chi connectivity index (χ0) is 17.2. The maximum Gasteiger partial charge on any atom is 0.222 e. The summed E-state index contributed by atoms with van der Waals surface area (Å²) in [6.07, 6.45) is 7.14. The van der Waals surface area contributed by atoms with Gasteiger partial charge in [0, 0.05) is 50.4 Å². The van der Waals surface area contributed by atoms with Crippen LogP contribution < -0.4 is 0 Å². The molecule has 0 radical (unpaired) electrons. The summed E-state index contributed by atoms with van der Waals surface area (Å²) in [6, 6.07) is 4.49. The van der Waals surface area contributed by atoms with Gasteiger partial charge in [0.2, 0.25) is 5.91 Å². The molecule has 0 saturated carbocycles. The van der Waals surface area contributed by atoms with E-state index in [9.17, 15) is 4.79 Å². The van der Waals surface area contributed by atoms with Crippen LogP contribution in [-0.4, -0.2) is 51.4 Å². The lowest BCUT2D eigenvalue weighted by Gasteiger charge is -2.47. The van der Waals surface area contributed by atoms with Crippen molar-refractivity contribution in [3.05, 3.63) is 41.9 Å². The molecule has 2 atom stereocenters. The maximum atomic E-state index is 12.5. The summed E-state index contributed by atoms with van der Waals surface area (Å²) in [5.74, 6) is 2.90. The van der Waals surface area contributed by atoms with Gasteiger partial charge >= 0.3 is 0 Å². The Labute approximate surface area is 148 Å². The van der Waals surface area contributed by atoms with E-state index in [1.807, 2.05) is 19.2 Å². The zero-order valence-electron chi connectivity index (χ0n) is 14.8. The van der Waals surface area contributed by atoms with Crippen LogP contribution in [0.2, 0.25) is 0 Å². The monoisotopic (exact) mass is 342 g/mol. The van der Waals surface area contributed by atoms with Crippen molar-refractivity contribution in [1.29, 1.82) is 0 Å². The molecule has 4 rings (SSSR count). The van der Waals surface area contributed by atoms with E-state index in [0.29, 0.717) is 24.3 Å². The molecule has 0 aliphatic carbocycles. The Hall–Kier alpha value is -2.08. The van der Waals surface area contributed by atoms with Gasteiger partial charge in [-0.1, -0.05) is 0 Å². The van der Waals surface area contributed by atoms with Crippen molar-refractivity contribution in [3.63, 3.8) is 0 Å². The van der Waals surface area contributed by atoms with Gasteiger partial charge < -0.3 is 14.3 Å². The first-order valence-corrected chi connectivity index (χ1v) is 9.23. The molecule has 6 nitrogen and oxygen atoms in total. The third kappa shape index (κ3) is 3.63. The Bertz CT molecular complexity index is 709. The van der Waals surface area contributed by atoms with Crippen LogP contribution >= 0.6 is 0 Å². The molecular formula is C19H26N4O2. The Morgan fingerprint density at radius 2 is 2.28 bits per heavy atom. The number of fused-ring (bicyclic) bond motifs is 1. The molecule has 0 spiro atoms. The number of carbonyl (C=O) groups is 1. The van der Waals surface area contributed by atoms with E-state index in [4.69, 9.17) is 4.42 Å². The van der Waals surface area contributed by atoms with E-state index in [1.54, 1.807) is 6.33 Å². The summed E-state index contributed by atoms with van der Waals surface area (Å²) in [5, 5.41) is 0. The maximum absolute atomic E-state index is 12.5. The van der Waals surface area contributed by atoms with E-state index in [1.165, 1.54) is 0 Å². The number of H-pyrrole nitrogens is 1. The number of piperidine rings is 2. The van der Waals surface area contributed by atoms with Crippen molar-refractivity contribution in [2.75, 3.05) is 19.6 Å². The van der Waals surface area contributed by atoms with E-state index in [2.05, 4.69) is 25.8 Å². The van der Waals surface area contributed by atoms with Gasteiger partial charge in [-0.15, -0.1) is 0 Å². The number of imidazole rings is 1. The molecule has 1 N–H and O–H groups in total. The van der Waals surface area contributed by atoms with Crippen molar-refractivity contribution >= 4 is 5.91 Å². The normalized spacial score (nSPS) is 24.5. The predicted molar refractivity (Wildman–Crippen MR) is 93.9 cm³/mol. The lowest BCUT2D eigenvalue weighted by atomic mass is 9.83. The Morgan fingerprint density at radius 1 is 1.36 bits per heavy atom. The highest BCUT2D eigenvalue weighted by molar-refractivity contribution is 5.77. The first-order chi connectivity index (χ1) is 12.2. The minimum atomic E-state index is 0.316. The number of likely N-dealkylation sites (tertiary alicyclic amines) is 2. The van der Waals surface area contributed by atoms with Gasteiger partial charge in [0.25, 0.3) is 0 Å². The van der Waals surface area contributed by atoms with Crippen molar-refractivity contribution in [2.45, 2.75) is 45.2 Å². The fourth-order valence-electron chi connectivity index (χ4n) is 4.31. The fraction of sp³-hybridized carbons (Fsp3) is 0.579. The molecule has 25 heavy (non-hydrogen) atoms. The number of hydrogen-bond donors (Lipinski definition) is 1. The molecule has 4 heterocycles. The minimum Gasteiger partial charge on any atom is -0.465 e. The first-order valence-electron chi connectivity index (χ1n) is 9.23. The van der Waals surface area contributed by atoms with Crippen molar-refractivity contribution < 1.29 is 9.21 Å². The molecule has 1 amide bonds. The van der Waals surface area contributed by atoms with Crippen molar-refractivity contribution in [1.82, 2.24) is 19.8 Å². The fourth-order valence-corrected chi connectivity index (χ4v) is 4.31. The summed E-state index contributed by atoms with van der Waals surface area (Å²) in [7, 11) is 0. The zero-order valence-corrected chi connectivity index (χ0v) is 14.8. The summed E-state index contributed by atoms with van der Waals surface area (Å²) < 4.78 is 5.72. The second-order valence-corrected chi connectivity index (χ2v) is 7.32. The van der Waals surface area contributed by atoms with Gasteiger partial charge in [-0.25, -0.2) is 4.98 Å². The third-order valence-electron chi connectivity index (χ3n) is 5.58. The Morgan fingerprint density at radius 3 is 3.04 bits per heavy atom. The smallest absolute Gasteiger partial charge is 0.222 e. The van der Waals surface area contributed by atoms with Crippen LogP contribution in [0, 0.1) is 12.8 Å². The molecule has 134 valence electrons. The number of aromatic nitrogens is 2. The largest absolute Gasteiger partial charge is 0.465 e. The Balaban J connectivity index is 1.37. The lowest BCUT2D eigenvalue weighted by Crippen LogP contribution is -2.56. The molecule has 6 heteroatoms. The molecule has 0 unspecified atom stereocenters. The summed E-state index contributed by atoms with van der Waals surface area (Å²) in [6.45, 7) is 5.73. The second-order valence-electron chi connectivity index (χ2n) is 7.32. The number of aryl methyl sites for hydroxylation is 1. The lowest BCUT2D eigenvalue weighted by molar-refractivity contribution is -0.141. The standard InChI is InChI=1S/C19H26N4O2/c1-14-2-4-17(25-14)12-22-8-7-18-15(11-22)3-5-19(24)23(18)9-6-16-10-20-13-21-16/h2,4,10,13,15,18H,3,5-9,11-12H2,1H3,(H,20,21)/t15-,18+/m0/s1. The highest BCUT2D eigenvalue weighted by Gasteiger charge is 2.39. The third-order valence-corrected chi connectivity index (χ3v) is 5.58. The second kappa shape index (κ2) is 7.04. The molecular weight excluding hydrogens is 316 g/mol. The number of amides is 1. The number of hydrogen-bond acceptors (Lipinski definition) is 4. The number of nitrogens with one attached hydrogen (secondary N) is 1. The highest BCUT2D eigenvalue weighted by atomic mass is 16.3. The van der Waals surface area contributed by atoms with Crippen LogP contribution in [0.1, 0.15) is 36.5 Å². The molecule has 2 aromatic rings. The predicted octanol–water partition coefficient (Wildman–Crippen LogP) is 2.37. The summed E-state index contributed by atoms with van der Waals surface area (Å²) in [5.41, 5.74) is 1.10. The van der Waals surface area contributed by atoms with E-state index < -0.39 is 0 Å². The van der Waals surface area contributed by atoms with Gasteiger partial charge in [-0.05, 0) is 37.8 Å². The number of furan rings is 1. The first kappa shape index (κ1) is 16.4. The summed E-state index contributed by atoms with van der Waals surface area (Å²) in [4.78, 5) is 24.3. The topological polar surface area (TPSA) is 65.4 Å². The summed E-state index contributed by atoms with van der Waals surface area (Å²) >= 11 is 0.